The molecule has 6 aromatic carbocycles. The molecule has 0 atom stereocenters. The molecular weight excluding hydrogens is 886 g/mol. The second kappa shape index (κ2) is 13.0. The van der Waals surface area contributed by atoms with Crippen LogP contribution >= 0.6 is 63.7 Å². The molecule has 2 aliphatic rings. The maximum absolute atomic E-state index is 6.15. The summed E-state index contributed by atoms with van der Waals surface area (Å²) in [6.45, 7) is 16.6. The van der Waals surface area contributed by atoms with Gasteiger partial charge in [-0.2, -0.15) is 0 Å². The average molecular weight is 924 g/mol. The summed E-state index contributed by atoms with van der Waals surface area (Å²) < 4.78 is 29.1. The van der Waals surface area contributed by atoms with Crippen molar-refractivity contribution in [2.24, 2.45) is 0 Å². The molecule has 0 aliphatic carbocycles. The van der Waals surface area contributed by atoms with Gasteiger partial charge in [-0.05, 0) is 122 Å². The van der Waals surface area contributed by atoms with E-state index in [0.717, 1.165) is 39.9 Å². The van der Waals surface area contributed by atoms with Crippen molar-refractivity contribution in [3.63, 3.8) is 0 Å². The predicted octanol–water partition coefficient (Wildman–Crippen LogP) is 11.6. The number of rotatable bonds is 3. The molecule has 4 nitrogen and oxygen atoms in total. The first-order chi connectivity index (χ1) is 23.4. The van der Waals surface area contributed by atoms with Crippen molar-refractivity contribution in [3.8, 4) is 11.1 Å². The van der Waals surface area contributed by atoms with Gasteiger partial charge in [0.25, 0.3) is 0 Å². The summed E-state index contributed by atoms with van der Waals surface area (Å²) in [7, 11) is -0.676. The van der Waals surface area contributed by atoms with Gasteiger partial charge in [0.05, 0.1) is 22.4 Å². The van der Waals surface area contributed by atoms with Crippen LogP contribution in [0.15, 0.2) is 103 Å². The van der Waals surface area contributed by atoms with Crippen molar-refractivity contribution in [2.45, 2.75) is 77.8 Å². The number of benzene rings is 6. The Hall–Kier alpha value is -1.75. The molecule has 2 aliphatic heterocycles. The zero-order valence-electron chi connectivity index (χ0n) is 29.4. The maximum Gasteiger partial charge on any atom is 0.494 e. The van der Waals surface area contributed by atoms with Crippen LogP contribution in [0.5, 0.6) is 0 Å². The highest BCUT2D eigenvalue weighted by Crippen LogP contribution is 2.45. The smallest absolute Gasteiger partial charge is 0.399 e. The van der Waals surface area contributed by atoms with Crippen molar-refractivity contribution in [1.82, 2.24) is 0 Å². The van der Waals surface area contributed by atoms with Crippen LogP contribution in [0.1, 0.15) is 55.4 Å². The van der Waals surface area contributed by atoms with Gasteiger partial charge >= 0.3 is 14.2 Å². The zero-order valence-corrected chi connectivity index (χ0v) is 35.7. The molecule has 50 heavy (non-hydrogen) atoms. The minimum atomic E-state index is -0.338. The van der Waals surface area contributed by atoms with Crippen LogP contribution < -0.4 is 10.9 Å². The molecule has 0 bridgehead atoms. The highest BCUT2D eigenvalue weighted by Gasteiger charge is 2.52. The predicted molar refractivity (Wildman–Crippen MR) is 224 cm³/mol. The van der Waals surface area contributed by atoms with Crippen LogP contribution in [0.25, 0.3) is 43.4 Å². The summed E-state index contributed by atoms with van der Waals surface area (Å²) in [5.74, 6) is 0. The average Bonchev–Trinajstić information content (AvgIpc) is 3.42. The highest BCUT2D eigenvalue weighted by atomic mass is 79.9. The summed E-state index contributed by atoms with van der Waals surface area (Å²) >= 11 is 14.7. The Bertz CT molecular complexity index is 1970. The van der Waals surface area contributed by atoms with Gasteiger partial charge in [0.1, 0.15) is 0 Å². The number of hydrogen-bond acceptors (Lipinski definition) is 4. The van der Waals surface area contributed by atoms with E-state index in [2.05, 4.69) is 204 Å². The van der Waals surface area contributed by atoms with Gasteiger partial charge in [0.15, 0.2) is 0 Å². The summed E-state index contributed by atoms with van der Waals surface area (Å²) in [5, 5.41) is 7.56. The highest BCUT2D eigenvalue weighted by molar-refractivity contribution is 9.11. The van der Waals surface area contributed by atoms with E-state index in [4.69, 9.17) is 18.6 Å². The van der Waals surface area contributed by atoms with Crippen LogP contribution in [-0.2, 0) is 18.6 Å². The van der Waals surface area contributed by atoms with E-state index >= 15 is 0 Å². The van der Waals surface area contributed by atoms with Crippen molar-refractivity contribution in [2.75, 3.05) is 0 Å². The van der Waals surface area contributed by atoms with Gasteiger partial charge < -0.3 is 18.6 Å². The van der Waals surface area contributed by atoms with Crippen molar-refractivity contribution < 1.29 is 18.6 Å². The molecule has 0 saturated carbocycles. The number of halogens is 4. The first-order valence-corrected chi connectivity index (χ1v) is 19.9. The lowest BCUT2D eigenvalue weighted by molar-refractivity contribution is 0.00578. The molecule has 2 fully saturated rings. The largest absolute Gasteiger partial charge is 0.494 e. The van der Waals surface area contributed by atoms with Crippen molar-refractivity contribution >= 4 is 121 Å². The number of hydrogen-bond donors (Lipinski definition) is 0. The molecule has 2 saturated heterocycles. The Morgan fingerprint density at radius 3 is 0.860 bits per heavy atom. The van der Waals surface area contributed by atoms with Gasteiger partial charge in [0, 0.05) is 17.9 Å². The summed E-state index contributed by atoms with van der Waals surface area (Å²) in [4.78, 5) is 0. The topological polar surface area (TPSA) is 36.9 Å². The first-order valence-electron chi connectivity index (χ1n) is 16.7. The molecule has 10 heteroatoms. The Morgan fingerprint density at radius 2 is 0.620 bits per heavy atom. The van der Waals surface area contributed by atoms with E-state index in [0.29, 0.717) is 0 Å². The van der Waals surface area contributed by atoms with E-state index in [1.807, 2.05) is 0 Å². The third-order valence-corrected chi connectivity index (χ3v) is 13.5. The zero-order chi connectivity index (χ0) is 36.0. The SMILES string of the molecule is Brc1cc(Br)c2ccc3c(Br)cc(Br)c4ccc1c2c43.CC1(C)OB(c2ccc(-c3ccc(B4OC(C)(C)C(C)(C)O4)cc3)cc2)OC1(C)C. The third kappa shape index (κ3) is 6.34. The summed E-state index contributed by atoms with van der Waals surface area (Å²) in [6, 6.07) is 29.7. The van der Waals surface area contributed by atoms with E-state index < -0.39 is 0 Å². The molecule has 0 spiro atoms. The Kier molecular flexibility index (Phi) is 9.50. The molecule has 0 unspecified atom stereocenters. The van der Waals surface area contributed by atoms with Crippen LogP contribution in [0, 0.1) is 0 Å². The molecule has 0 amide bonds. The van der Waals surface area contributed by atoms with Gasteiger partial charge in [-0.1, -0.05) is 137 Å². The van der Waals surface area contributed by atoms with Gasteiger partial charge in [0.2, 0.25) is 0 Å². The lowest BCUT2D eigenvalue weighted by Gasteiger charge is -2.32. The Labute approximate surface area is 329 Å². The van der Waals surface area contributed by atoms with Gasteiger partial charge in [-0.25, -0.2) is 0 Å². The lowest BCUT2D eigenvalue weighted by atomic mass is 9.77. The molecule has 0 aromatic heterocycles. The second-order valence-corrected chi connectivity index (χ2v) is 18.6. The monoisotopic (exact) mass is 920 g/mol. The van der Waals surface area contributed by atoms with Crippen LogP contribution in [-0.4, -0.2) is 36.6 Å². The van der Waals surface area contributed by atoms with Crippen molar-refractivity contribution in [1.29, 1.82) is 0 Å². The molecular formula is C40H38B2Br4O4. The maximum atomic E-state index is 6.15. The molecule has 2 heterocycles. The van der Waals surface area contributed by atoms with E-state index in [1.54, 1.807) is 0 Å². The van der Waals surface area contributed by atoms with Crippen LogP contribution in [0.2, 0.25) is 0 Å². The minimum absolute atomic E-state index is 0.334. The fourth-order valence-corrected chi connectivity index (χ4v) is 9.30. The Balaban J connectivity index is 0.000000169. The molecule has 256 valence electrons. The summed E-state index contributed by atoms with van der Waals surface area (Å²) in [6.07, 6.45) is 0. The second-order valence-electron chi connectivity index (χ2n) is 15.2. The fourth-order valence-electron chi connectivity index (χ4n) is 6.45. The molecule has 0 radical (unpaired) electrons. The van der Waals surface area contributed by atoms with Gasteiger partial charge in [-0.3, -0.25) is 0 Å². The molecule has 0 N–H and O–H groups in total. The van der Waals surface area contributed by atoms with Crippen LogP contribution in [0.3, 0.4) is 0 Å². The standard InChI is InChI=1S/C24H32B2O4.C16H6Br4/c1-21(2)22(3,4)28-25(27-21)19-13-9-17(10-14-19)18-11-15-20(16-12-18)26-29-23(5,6)24(7,8)30-26;17-11-5-13(19)9-3-4-10-14(20)6-12(18)8-2-1-7(11)15(9)16(8)10/h9-16H,1-8H3;1-6H. The van der Waals surface area contributed by atoms with Gasteiger partial charge in [-0.15, -0.1) is 0 Å². The quantitative estimate of drug-likeness (QED) is 0.131. The van der Waals surface area contributed by atoms with Crippen molar-refractivity contribution in [3.05, 3.63) is 103 Å². The normalized spacial score (nSPS) is 19.0. The van der Waals surface area contributed by atoms with E-state index in [9.17, 15) is 0 Å². The first kappa shape index (κ1) is 36.6. The summed E-state index contributed by atoms with van der Waals surface area (Å²) in [5.41, 5.74) is 3.03. The molecule has 6 aromatic rings. The van der Waals surface area contributed by atoms with E-state index in [-0.39, 0.29) is 36.6 Å². The van der Waals surface area contributed by atoms with E-state index in [1.165, 1.54) is 32.3 Å². The lowest BCUT2D eigenvalue weighted by Crippen LogP contribution is -2.41. The fraction of sp³-hybridized carbons (Fsp3) is 0.300. The minimum Gasteiger partial charge on any atom is -0.399 e. The third-order valence-electron chi connectivity index (χ3n) is 10.9. The Morgan fingerprint density at radius 1 is 0.380 bits per heavy atom. The molecule has 8 rings (SSSR count). The van der Waals surface area contributed by atoms with Crippen LogP contribution in [0.4, 0.5) is 0 Å².